The second kappa shape index (κ2) is 7.40. The molecule has 7 nitrogen and oxygen atoms in total. The third kappa shape index (κ3) is 3.59. The number of nitrogens with zero attached hydrogens (tertiary/aromatic N) is 4. The molecule has 0 aliphatic carbocycles. The molecule has 0 saturated heterocycles. The molecule has 2 aromatic carbocycles. The number of benzene rings is 2. The van der Waals surface area contributed by atoms with Gasteiger partial charge in [0.1, 0.15) is 24.0 Å². The molecule has 2 aromatic heterocycles. The number of esters is 1. The topological polar surface area (TPSA) is 79.0 Å². The van der Waals surface area contributed by atoms with Crippen LogP contribution < -0.4 is 10.3 Å². The van der Waals surface area contributed by atoms with Gasteiger partial charge in [-0.25, -0.2) is 9.78 Å². The minimum Gasteiger partial charge on any atom is -0.425 e. The molecular weight excluding hydrogens is 424 g/mol. The number of hydrogen-bond donors (Lipinski definition) is 0. The summed E-state index contributed by atoms with van der Waals surface area (Å²) < 4.78 is 9.07. The predicted octanol–water partition coefficient (Wildman–Crippen LogP) is 3.17. The zero-order chi connectivity index (χ0) is 19.7. The van der Waals surface area contributed by atoms with Crippen molar-refractivity contribution >= 4 is 32.9 Å². The molecule has 0 atom stereocenters. The molecule has 0 fully saturated rings. The van der Waals surface area contributed by atoms with Gasteiger partial charge in [-0.3, -0.25) is 14.0 Å². The summed E-state index contributed by atoms with van der Waals surface area (Å²) in [5.74, 6) is -0.141. The molecule has 8 heteroatoms. The number of hydrogen-bond acceptors (Lipinski definition) is 5. The second-order valence-electron chi connectivity index (χ2n) is 6.19. The standard InChI is InChI=1S/C20H15BrN4O3/c1-24-19-17(10-23-24)20(27)25(12-22-19)11-18(26)28-16-8-4-14(5-9-16)13-2-6-15(21)7-3-13/h2-10,12H,11H2,1H3. The first-order valence-electron chi connectivity index (χ1n) is 8.45. The molecule has 0 aliphatic heterocycles. The average molecular weight is 439 g/mol. The molecule has 4 rings (SSSR count). The van der Waals surface area contributed by atoms with E-state index in [4.69, 9.17) is 4.74 Å². The summed E-state index contributed by atoms with van der Waals surface area (Å²) in [6, 6.07) is 15.1. The summed E-state index contributed by atoms with van der Waals surface area (Å²) >= 11 is 3.41. The van der Waals surface area contributed by atoms with Gasteiger partial charge in [0, 0.05) is 11.5 Å². The number of carbonyl (C=O) groups is 1. The Morgan fingerprint density at radius 1 is 1.07 bits per heavy atom. The van der Waals surface area contributed by atoms with Crippen molar-refractivity contribution in [3.8, 4) is 16.9 Å². The number of aryl methyl sites for hydroxylation is 1. The van der Waals surface area contributed by atoms with Crippen LogP contribution in [0.15, 0.2) is 70.3 Å². The molecular formula is C20H15BrN4O3. The summed E-state index contributed by atoms with van der Waals surface area (Å²) in [5, 5.41) is 4.36. The third-order valence-corrected chi connectivity index (χ3v) is 4.81. The van der Waals surface area contributed by atoms with E-state index in [9.17, 15) is 9.59 Å². The lowest BCUT2D eigenvalue weighted by Crippen LogP contribution is -2.26. The summed E-state index contributed by atoms with van der Waals surface area (Å²) in [7, 11) is 1.70. The highest BCUT2D eigenvalue weighted by Crippen LogP contribution is 2.24. The van der Waals surface area contributed by atoms with Crippen LogP contribution in [-0.2, 0) is 18.4 Å². The third-order valence-electron chi connectivity index (χ3n) is 4.28. The van der Waals surface area contributed by atoms with Gasteiger partial charge in [0.2, 0.25) is 0 Å². The van der Waals surface area contributed by atoms with Crippen LogP contribution in [0.4, 0.5) is 0 Å². The van der Waals surface area contributed by atoms with Gasteiger partial charge >= 0.3 is 5.97 Å². The molecule has 0 bridgehead atoms. The first kappa shape index (κ1) is 18.1. The highest BCUT2D eigenvalue weighted by Gasteiger charge is 2.12. The van der Waals surface area contributed by atoms with Crippen LogP contribution in [0.25, 0.3) is 22.2 Å². The van der Waals surface area contributed by atoms with Crippen LogP contribution in [0.3, 0.4) is 0 Å². The van der Waals surface area contributed by atoms with E-state index in [2.05, 4.69) is 26.0 Å². The minimum atomic E-state index is -0.552. The average Bonchev–Trinajstić information content (AvgIpc) is 3.07. The molecule has 2 heterocycles. The van der Waals surface area contributed by atoms with Crippen LogP contribution in [0, 0.1) is 0 Å². The van der Waals surface area contributed by atoms with Crippen molar-refractivity contribution in [2.45, 2.75) is 6.54 Å². The number of rotatable bonds is 4. The van der Waals surface area contributed by atoms with Gasteiger partial charge in [-0.15, -0.1) is 0 Å². The molecule has 28 heavy (non-hydrogen) atoms. The molecule has 140 valence electrons. The Balaban J connectivity index is 1.47. The number of carbonyl (C=O) groups excluding carboxylic acids is 1. The fourth-order valence-electron chi connectivity index (χ4n) is 2.84. The van der Waals surface area contributed by atoms with Gasteiger partial charge in [0.15, 0.2) is 5.65 Å². The van der Waals surface area contributed by atoms with E-state index in [0.29, 0.717) is 16.8 Å². The fraction of sp³-hybridized carbons (Fsp3) is 0.100. The Hall–Kier alpha value is -3.26. The largest absolute Gasteiger partial charge is 0.425 e. The van der Waals surface area contributed by atoms with Crippen LogP contribution in [0.5, 0.6) is 5.75 Å². The van der Waals surface area contributed by atoms with Crippen LogP contribution in [-0.4, -0.2) is 25.3 Å². The summed E-state index contributed by atoms with van der Waals surface area (Å²) in [6.07, 6.45) is 2.76. The summed E-state index contributed by atoms with van der Waals surface area (Å²) in [4.78, 5) is 28.8. The number of fused-ring (bicyclic) bond motifs is 1. The summed E-state index contributed by atoms with van der Waals surface area (Å²) in [6.45, 7) is -0.231. The zero-order valence-corrected chi connectivity index (χ0v) is 16.5. The van der Waals surface area contributed by atoms with E-state index in [1.807, 2.05) is 36.4 Å². The van der Waals surface area contributed by atoms with Crippen molar-refractivity contribution in [3.63, 3.8) is 0 Å². The Morgan fingerprint density at radius 2 is 1.71 bits per heavy atom. The van der Waals surface area contributed by atoms with E-state index in [0.717, 1.165) is 15.6 Å². The van der Waals surface area contributed by atoms with E-state index >= 15 is 0 Å². The second-order valence-corrected chi connectivity index (χ2v) is 7.10. The van der Waals surface area contributed by atoms with Gasteiger partial charge in [-0.05, 0) is 35.4 Å². The van der Waals surface area contributed by atoms with Crippen molar-refractivity contribution in [3.05, 3.63) is 75.9 Å². The molecule has 0 amide bonds. The van der Waals surface area contributed by atoms with Crippen LogP contribution in [0.1, 0.15) is 0 Å². The Labute approximate surface area is 168 Å². The number of halogens is 1. The van der Waals surface area contributed by atoms with Gasteiger partial charge in [-0.1, -0.05) is 40.2 Å². The van der Waals surface area contributed by atoms with E-state index in [1.54, 1.807) is 19.2 Å². The van der Waals surface area contributed by atoms with Crippen LogP contribution >= 0.6 is 15.9 Å². The van der Waals surface area contributed by atoms with Gasteiger partial charge in [0.05, 0.1) is 6.20 Å². The lowest BCUT2D eigenvalue weighted by atomic mass is 10.1. The van der Waals surface area contributed by atoms with Crippen molar-refractivity contribution in [1.82, 2.24) is 19.3 Å². The molecule has 0 spiro atoms. The molecule has 0 N–H and O–H groups in total. The lowest BCUT2D eigenvalue weighted by Gasteiger charge is -2.08. The highest BCUT2D eigenvalue weighted by molar-refractivity contribution is 9.10. The number of ether oxygens (including phenoxy) is 1. The van der Waals surface area contributed by atoms with Gasteiger partial charge < -0.3 is 4.74 Å². The normalized spacial score (nSPS) is 10.9. The SMILES string of the molecule is Cn1ncc2c(=O)n(CC(=O)Oc3ccc(-c4ccc(Br)cc4)cc3)cnc21. The summed E-state index contributed by atoms with van der Waals surface area (Å²) in [5.41, 5.74) is 2.21. The van der Waals surface area contributed by atoms with Crippen LogP contribution in [0.2, 0.25) is 0 Å². The maximum absolute atomic E-state index is 12.4. The maximum atomic E-state index is 12.4. The Bertz CT molecular complexity index is 1210. The van der Waals surface area contributed by atoms with Crippen molar-refractivity contribution in [2.75, 3.05) is 0 Å². The first-order chi connectivity index (χ1) is 13.5. The predicted molar refractivity (Wildman–Crippen MR) is 108 cm³/mol. The van der Waals surface area contributed by atoms with Crippen molar-refractivity contribution in [2.24, 2.45) is 7.05 Å². The molecule has 0 unspecified atom stereocenters. The van der Waals surface area contributed by atoms with Crippen molar-refractivity contribution < 1.29 is 9.53 Å². The number of aromatic nitrogens is 4. The van der Waals surface area contributed by atoms with E-state index in [-0.39, 0.29) is 12.1 Å². The smallest absolute Gasteiger partial charge is 0.331 e. The Morgan fingerprint density at radius 3 is 2.39 bits per heavy atom. The van der Waals surface area contributed by atoms with E-state index in [1.165, 1.54) is 21.8 Å². The van der Waals surface area contributed by atoms with Gasteiger partial charge in [0.25, 0.3) is 5.56 Å². The molecule has 0 radical (unpaired) electrons. The zero-order valence-electron chi connectivity index (χ0n) is 14.9. The Kier molecular flexibility index (Phi) is 4.79. The quantitative estimate of drug-likeness (QED) is 0.361. The molecule has 4 aromatic rings. The maximum Gasteiger partial charge on any atom is 0.331 e. The lowest BCUT2D eigenvalue weighted by molar-refractivity contribution is -0.135. The van der Waals surface area contributed by atoms with E-state index < -0.39 is 5.97 Å². The monoisotopic (exact) mass is 438 g/mol. The molecule has 0 aliphatic rings. The highest BCUT2D eigenvalue weighted by atomic mass is 79.9. The van der Waals surface area contributed by atoms with Gasteiger partial charge in [-0.2, -0.15) is 5.10 Å². The fourth-order valence-corrected chi connectivity index (χ4v) is 3.10. The van der Waals surface area contributed by atoms with Crippen molar-refractivity contribution in [1.29, 1.82) is 0 Å². The molecule has 0 saturated carbocycles. The first-order valence-corrected chi connectivity index (χ1v) is 9.24. The minimum absolute atomic E-state index is 0.231.